The first-order chi connectivity index (χ1) is 18.3. The minimum atomic E-state index is -3.14. The van der Waals surface area contributed by atoms with Crippen molar-refractivity contribution in [2.75, 3.05) is 50.5 Å². The number of aryl methyl sites for hydroxylation is 2. The van der Waals surface area contributed by atoms with Crippen molar-refractivity contribution in [2.24, 2.45) is 7.05 Å². The topological polar surface area (TPSA) is 115 Å². The van der Waals surface area contributed by atoms with Crippen LogP contribution >= 0.6 is 0 Å². The Kier molecular flexibility index (Phi) is 5.48. The summed E-state index contributed by atoms with van der Waals surface area (Å²) in [6.07, 6.45) is 2.04. The number of benzene rings is 1. The lowest BCUT2D eigenvalue weighted by Gasteiger charge is -2.60. The van der Waals surface area contributed by atoms with Gasteiger partial charge in [-0.05, 0) is 12.1 Å². The molecule has 3 fully saturated rings. The number of fused-ring (bicyclic) bond motifs is 3. The predicted octanol–water partition coefficient (Wildman–Crippen LogP) is 0.929. The van der Waals surface area contributed by atoms with Gasteiger partial charge in [0.15, 0.2) is 17.0 Å². The average molecular weight is 538 g/mol. The summed E-state index contributed by atoms with van der Waals surface area (Å²) in [5.74, 6) is 3.20. The van der Waals surface area contributed by atoms with Crippen molar-refractivity contribution in [3.8, 4) is 5.95 Å². The van der Waals surface area contributed by atoms with Crippen LogP contribution < -0.4 is 4.90 Å². The first kappa shape index (κ1) is 23.9. The molecular formula is C25H31N9O3S. The van der Waals surface area contributed by atoms with E-state index in [2.05, 4.69) is 31.9 Å². The minimum Gasteiger partial charge on any atom is -0.378 e. The lowest BCUT2D eigenvalue weighted by Crippen LogP contribution is -2.79. The fraction of sp³-hybridized carbons (Fsp3) is 0.520. The van der Waals surface area contributed by atoms with Gasteiger partial charge in [0.2, 0.25) is 16.0 Å². The zero-order valence-corrected chi connectivity index (χ0v) is 22.6. The molecule has 2 atom stereocenters. The molecule has 4 aromatic rings. The Bertz CT molecular complexity index is 1660. The Morgan fingerprint density at radius 3 is 2.50 bits per heavy atom. The SMILES string of the molecule is CCc1nc2ccccc2n1-c1nc(N2CCOCC2)c2nc(CN3CC4C3CN4S(C)(=O)=O)n(C)c2n1. The normalized spacial score (nSPS) is 22.6. The molecule has 0 radical (unpaired) electrons. The molecule has 12 nitrogen and oxygen atoms in total. The van der Waals surface area contributed by atoms with E-state index in [4.69, 9.17) is 24.7 Å². The van der Waals surface area contributed by atoms with E-state index in [1.54, 1.807) is 4.31 Å². The summed E-state index contributed by atoms with van der Waals surface area (Å²) < 4.78 is 35.2. The molecule has 6 heterocycles. The summed E-state index contributed by atoms with van der Waals surface area (Å²) in [6, 6.07) is 8.39. The van der Waals surface area contributed by atoms with E-state index in [9.17, 15) is 8.42 Å². The number of ether oxygens (including phenoxy) is 1. The van der Waals surface area contributed by atoms with E-state index in [0.717, 1.165) is 65.7 Å². The highest BCUT2D eigenvalue weighted by atomic mass is 32.2. The van der Waals surface area contributed by atoms with Gasteiger partial charge in [0.05, 0.1) is 43.1 Å². The van der Waals surface area contributed by atoms with Crippen LogP contribution in [0.25, 0.3) is 28.1 Å². The lowest BCUT2D eigenvalue weighted by molar-refractivity contribution is -0.0850. The van der Waals surface area contributed by atoms with E-state index in [-0.39, 0.29) is 12.1 Å². The highest BCUT2D eigenvalue weighted by Crippen LogP contribution is 2.37. The van der Waals surface area contributed by atoms with Crippen LogP contribution in [-0.4, -0.2) is 104 Å². The van der Waals surface area contributed by atoms with E-state index in [1.165, 1.54) is 6.26 Å². The first-order valence-electron chi connectivity index (χ1n) is 13.1. The third kappa shape index (κ3) is 3.63. The molecule has 3 aromatic heterocycles. The number of para-hydroxylation sites is 2. The number of sulfonamides is 1. The highest BCUT2D eigenvalue weighted by Gasteiger charge is 2.54. The summed E-state index contributed by atoms with van der Waals surface area (Å²) in [5, 5.41) is 0. The van der Waals surface area contributed by atoms with Crippen molar-refractivity contribution < 1.29 is 13.2 Å². The third-order valence-corrected chi connectivity index (χ3v) is 9.35. The smallest absolute Gasteiger partial charge is 0.239 e. The van der Waals surface area contributed by atoms with Gasteiger partial charge < -0.3 is 14.2 Å². The van der Waals surface area contributed by atoms with E-state index in [0.29, 0.717) is 32.3 Å². The number of morpholine rings is 1. The molecule has 0 amide bonds. The molecule has 3 aliphatic heterocycles. The van der Waals surface area contributed by atoms with Crippen molar-refractivity contribution in [1.82, 2.24) is 38.3 Å². The Hall–Kier alpha value is -3.13. The summed E-state index contributed by atoms with van der Waals surface area (Å²) in [4.78, 5) is 24.5. The van der Waals surface area contributed by atoms with Crippen molar-refractivity contribution in [1.29, 1.82) is 0 Å². The molecule has 38 heavy (non-hydrogen) atoms. The molecule has 7 rings (SSSR count). The van der Waals surface area contributed by atoms with Gasteiger partial charge in [-0.2, -0.15) is 14.3 Å². The quantitative estimate of drug-likeness (QED) is 0.354. The lowest BCUT2D eigenvalue weighted by atomic mass is 9.88. The largest absolute Gasteiger partial charge is 0.378 e. The first-order valence-corrected chi connectivity index (χ1v) is 14.9. The van der Waals surface area contributed by atoms with Gasteiger partial charge in [-0.3, -0.25) is 9.47 Å². The van der Waals surface area contributed by atoms with Crippen LogP contribution in [0.5, 0.6) is 0 Å². The summed E-state index contributed by atoms with van der Waals surface area (Å²) in [6.45, 7) is 6.74. The number of imidazole rings is 2. The number of nitrogens with zero attached hydrogens (tertiary/aromatic N) is 9. The van der Waals surface area contributed by atoms with Crippen LogP contribution in [-0.2, 0) is 34.8 Å². The molecule has 13 heteroatoms. The molecular weight excluding hydrogens is 506 g/mol. The molecule has 3 aliphatic rings. The van der Waals surface area contributed by atoms with Crippen LogP contribution in [0.1, 0.15) is 18.6 Å². The maximum absolute atomic E-state index is 11.9. The van der Waals surface area contributed by atoms with E-state index < -0.39 is 10.0 Å². The number of anilines is 1. The summed E-state index contributed by atoms with van der Waals surface area (Å²) in [5.41, 5.74) is 3.45. The average Bonchev–Trinajstić information content (AvgIpc) is 3.43. The van der Waals surface area contributed by atoms with Gasteiger partial charge in [0, 0.05) is 45.7 Å². The van der Waals surface area contributed by atoms with Gasteiger partial charge in [0.25, 0.3) is 0 Å². The molecule has 1 aromatic carbocycles. The van der Waals surface area contributed by atoms with Crippen LogP contribution in [0.2, 0.25) is 0 Å². The number of hydrogen-bond donors (Lipinski definition) is 0. The van der Waals surface area contributed by atoms with E-state index >= 15 is 0 Å². The monoisotopic (exact) mass is 537 g/mol. The molecule has 3 saturated heterocycles. The predicted molar refractivity (Wildman–Crippen MR) is 143 cm³/mol. The van der Waals surface area contributed by atoms with Crippen LogP contribution in [0.3, 0.4) is 0 Å². The van der Waals surface area contributed by atoms with Crippen molar-refractivity contribution in [3.63, 3.8) is 0 Å². The van der Waals surface area contributed by atoms with Crippen LogP contribution in [0.15, 0.2) is 24.3 Å². The summed E-state index contributed by atoms with van der Waals surface area (Å²) >= 11 is 0. The Morgan fingerprint density at radius 1 is 1.00 bits per heavy atom. The minimum absolute atomic E-state index is 0.0805. The number of rotatable bonds is 6. The highest BCUT2D eigenvalue weighted by molar-refractivity contribution is 7.88. The third-order valence-electron chi connectivity index (χ3n) is 8.08. The summed E-state index contributed by atoms with van der Waals surface area (Å²) in [7, 11) is -1.15. The molecule has 0 N–H and O–H groups in total. The Morgan fingerprint density at radius 2 is 1.79 bits per heavy atom. The van der Waals surface area contributed by atoms with Crippen molar-refractivity contribution >= 4 is 38.0 Å². The number of piperazine rings is 1. The Labute approximate surface area is 220 Å². The number of likely N-dealkylation sites (tertiary alicyclic amines) is 1. The molecule has 0 bridgehead atoms. The zero-order valence-electron chi connectivity index (χ0n) is 21.8. The standard InChI is InChI=1S/C25H31N9O3S/c1-4-20-26-16-7-5-6-8-17(16)34(20)25-28-23-22(24(29-25)31-9-11-37-12-10-31)27-21(30(23)2)15-32-13-19-18(32)14-33(19)38(3,35)36/h5-8,18-19H,4,9-15H2,1-3H3. The number of aromatic nitrogens is 6. The molecule has 0 spiro atoms. The molecule has 0 aliphatic carbocycles. The van der Waals surface area contributed by atoms with Gasteiger partial charge >= 0.3 is 0 Å². The fourth-order valence-electron chi connectivity index (χ4n) is 5.90. The Balaban J connectivity index is 1.30. The van der Waals surface area contributed by atoms with Gasteiger partial charge in [-0.1, -0.05) is 19.1 Å². The van der Waals surface area contributed by atoms with Gasteiger partial charge in [-0.25, -0.2) is 18.4 Å². The zero-order chi connectivity index (χ0) is 26.2. The van der Waals surface area contributed by atoms with Crippen molar-refractivity contribution in [2.45, 2.75) is 32.0 Å². The second kappa shape index (κ2) is 8.70. The molecule has 0 saturated carbocycles. The molecule has 2 unspecified atom stereocenters. The fourth-order valence-corrected chi connectivity index (χ4v) is 7.03. The van der Waals surface area contributed by atoms with Crippen molar-refractivity contribution in [3.05, 3.63) is 35.9 Å². The maximum atomic E-state index is 11.9. The van der Waals surface area contributed by atoms with Crippen LogP contribution in [0.4, 0.5) is 5.82 Å². The van der Waals surface area contributed by atoms with Gasteiger partial charge in [-0.15, -0.1) is 0 Å². The second-order valence-corrected chi connectivity index (χ2v) is 12.2. The second-order valence-electron chi connectivity index (χ2n) is 10.3. The maximum Gasteiger partial charge on any atom is 0.239 e. The van der Waals surface area contributed by atoms with Crippen LogP contribution in [0, 0.1) is 0 Å². The van der Waals surface area contributed by atoms with E-state index in [1.807, 2.05) is 25.2 Å². The number of hydrogen-bond acceptors (Lipinski definition) is 9. The van der Waals surface area contributed by atoms with Gasteiger partial charge in [0.1, 0.15) is 11.6 Å². The molecule has 200 valence electrons.